The van der Waals surface area contributed by atoms with Crippen LogP contribution in [0, 0.1) is 18.3 Å². The summed E-state index contributed by atoms with van der Waals surface area (Å²) >= 11 is 0. The molecule has 4 heteroatoms. The SMILES string of the molecule is Cc1ccc(C(=O)OCC#N)cc1-n1cccc1. The third kappa shape index (κ3) is 2.41. The fourth-order valence-corrected chi connectivity index (χ4v) is 1.69. The molecule has 0 saturated carbocycles. The van der Waals surface area contributed by atoms with Crippen LogP contribution in [-0.2, 0) is 4.74 Å². The summed E-state index contributed by atoms with van der Waals surface area (Å²) in [4.78, 5) is 11.7. The van der Waals surface area contributed by atoms with Crippen LogP contribution in [0.3, 0.4) is 0 Å². The summed E-state index contributed by atoms with van der Waals surface area (Å²) in [7, 11) is 0. The molecule has 0 aliphatic heterocycles. The Hall–Kier alpha value is -2.54. The van der Waals surface area contributed by atoms with Crippen LogP contribution in [0.2, 0.25) is 0 Å². The zero-order valence-electron chi connectivity index (χ0n) is 9.96. The minimum Gasteiger partial charge on any atom is -0.447 e. The second-order valence-corrected chi connectivity index (χ2v) is 3.83. The van der Waals surface area contributed by atoms with Crippen molar-refractivity contribution in [2.45, 2.75) is 6.92 Å². The highest BCUT2D eigenvalue weighted by molar-refractivity contribution is 5.90. The molecule has 90 valence electrons. The van der Waals surface area contributed by atoms with Gasteiger partial charge in [0.25, 0.3) is 0 Å². The summed E-state index contributed by atoms with van der Waals surface area (Å²) < 4.78 is 6.71. The number of esters is 1. The number of carbonyl (C=O) groups excluding carboxylic acids is 1. The normalized spacial score (nSPS) is 9.78. The predicted molar refractivity (Wildman–Crippen MR) is 66.4 cm³/mol. The standard InChI is InChI=1S/C14H12N2O2/c1-11-4-5-12(14(17)18-9-6-15)10-13(11)16-7-2-3-8-16/h2-5,7-8,10H,9H2,1H3. The van der Waals surface area contributed by atoms with Crippen LogP contribution in [0.5, 0.6) is 0 Å². The molecule has 0 N–H and O–H groups in total. The van der Waals surface area contributed by atoms with Crippen molar-refractivity contribution in [1.29, 1.82) is 5.26 Å². The number of hydrogen-bond acceptors (Lipinski definition) is 3. The summed E-state index contributed by atoms with van der Waals surface area (Å²) in [6.45, 7) is 1.74. The highest BCUT2D eigenvalue weighted by atomic mass is 16.5. The van der Waals surface area contributed by atoms with Gasteiger partial charge < -0.3 is 9.30 Å². The maximum absolute atomic E-state index is 11.7. The van der Waals surface area contributed by atoms with Crippen LogP contribution in [0.4, 0.5) is 0 Å². The average molecular weight is 240 g/mol. The van der Waals surface area contributed by atoms with Crippen molar-refractivity contribution in [3.63, 3.8) is 0 Å². The first kappa shape index (κ1) is 11.9. The number of benzene rings is 1. The van der Waals surface area contributed by atoms with E-state index < -0.39 is 5.97 Å². The van der Waals surface area contributed by atoms with Crippen LogP contribution in [0.15, 0.2) is 42.7 Å². The number of aryl methyl sites for hydroxylation is 1. The maximum Gasteiger partial charge on any atom is 0.339 e. The van der Waals surface area contributed by atoms with E-state index >= 15 is 0 Å². The number of aromatic nitrogens is 1. The molecule has 0 amide bonds. The van der Waals surface area contributed by atoms with Crippen molar-refractivity contribution < 1.29 is 9.53 Å². The summed E-state index contributed by atoms with van der Waals surface area (Å²) in [5.41, 5.74) is 2.42. The number of nitrogens with zero attached hydrogens (tertiary/aromatic N) is 2. The number of carbonyl (C=O) groups is 1. The molecule has 0 atom stereocenters. The molecule has 2 aromatic rings. The maximum atomic E-state index is 11.7. The molecule has 2 rings (SSSR count). The molecule has 0 unspecified atom stereocenters. The Morgan fingerprint density at radius 3 is 2.78 bits per heavy atom. The fraction of sp³-hybridized carbons (Fsp3) is 0.143. The van der Waals surface area contributed by atoms with Crippen LogP contribution in [0.1, 0.15) is 15.9 Å². The van der Waals surface area contributed by atoms with Gasteiger partial charge in [0.05, 0.1) is 5.56 Å². The number of ether oxygens (including phenoxy) is 1. The lowest BCUT2D eigenvalue weighted by atomic mass is 10.1. The Labute approximate surface area is 105 Å². The number of rotatable bonds is 3. The van der Waals surface area contributed by atoms with Gasteiger partial charge in [-0.3, -0.25) is 0 Å². The molecule has 0 aliphatic carbocycles. The Morgan fingerprint density at radius 1 is 1.39 bits per heavy atom. The van der Waals surface area contributed by atoms with Crippen LogP contribution >= 0.6 is 0 Å². The minimum atomic E-state index is -0.482. The van der Waals surface area contributed by atoms with Gasteiger partial charge in [-0.1, -0.05) is 6.07 Å². The second-order valence-electron chi connectivity index (χ2n) is 3.83. The molecule has 0 aliphatic rings. The number of nitriles is 1. The topological polar surface area (TPSA) is 55.0 Å². The first-order valence-corrected chi connectivity index (χ1v) is 5.50. The van der Waals surface area contributed by atoms with E-state index in [0.717, 1.165) is 11.3 Å². The van der Waals surface area contributed by atoms with Gasteiger partial charge in [0, 0.05) is 18.1 Å². The zero-order valence-corrected chi connectivity index (χ0v) is 9.96. The van der Waals surface area contributed by atoms with Crippen molar-refractivity contribution in [2.75, 3.05) is 6.61 Å². The van der Waals surface area contributed by atoms with Crippen LogP contribution in [0.25, 0.3) is 5.69 Å². The first-order chi connectivity index (χ1) is 8.72. The largest absolute Gasteiger partial charge is 0.447 e. The molecule has 0 radical (unpaired) electrons. The summed E-state index contributed by atoms with van der Waals surface area (Å²) in [5, 5.41) is 8.38. The quantitative estimate of drug-likeness (QED) is 0.774. The Morgan fingerprint density at radius 2 is 2.11 bits per heavy atom. The van der Waals surface area contributed by atoms with Gasteiger partial charge in [-0.05, 0) is 36.8 Å². The first-order valence-electron chi connectivity index (χ1n) is 5.50. The van der Waals surface area contributed by atoms with E-state index in [2.05, 4.69) is 0 Å². The molecular weight excluding hydrogens is 228 g/mol. The molecule has 0 bridgehead atoms. The minimum absolute atomic E-state index is 0.231. The van der Waals surface area contributed by atoms with Gasteiger partial charge in [-0.25, -0.2) is 4.79 Å². The molecule has 1 aromatic heterocycles. The smallest absolute Gasteiger partial charge is 0.339 e. The third-order valence-electron chi connectivity index (χ3n) is 2.60. The summed E-state index contributed by atoms with van der Waals surface area (Å²) in [6.07, 6.45) is 3.82. The van der Waals surface area contributed by atoms with E-state index in [1.165, 1.54) is 0 Å². The molecule has 1 aromatic carbocycles. The molecule has 0 saturated heterocycles. The van der Waals surface area contributed by atoms with Gasteiger partial charge in [0.15, 0.2) is 6.61 Å². The lowest BCUT2D eigenvalue weighted by Crippen LogP contribution is -2.06. The highest BCUT2D eigenvalue weighted by Gasteiger charge is 2.09. The Balaban J connectivity index is 2.33. The lowest BCUT2D eigenvalue weighted by molar-refractivity contribution is 0.0555. The Bertz CT molecular complexity index is 595. The molecular formula is C14H12N2O2. The van der Waals surface area contributed by atoms with Gasteiger partial charge in [0.1, 0.15) is 6.07 Å². The van der Waals surface area contributed by atoms with Gasteiger partial charge in [-0.15, -0.1) is 0 Å². The van der Waals surface area contributed by atoms with Crippen molar-refractivity contribution >= 4 is 5.97 Å². The molecule has 4 nitrogen and oxygen atoms in total. The van der Waals surface area contributed by atoms with E-state index in [-0.39, 0.29) is 6.61 Å². The average Bonchev–Trinajstić information content (AvgIpc) is 2.90. The van der Waals surface area contributed by atoms with Crippen molar-refractivity contribution in [2.24, 2.45) is 0 Å². The van der Waals surface area contributed by atoms with Crippen LogP contribution in [-0.4, -0.2) is 17.1 Å². The zero-order chi connectivity index (χ0) is 13.0. The summed E-state index contributed by atoms with van der Waals surface area (Å²) in [6, 6.07) is 10.9. The van der Waals surface area contributed by atoms with Crippen molar-refractivity contribution in [1.82, 2.24) is 4.57 Å². The third-order valence-corrected chi connectivity index (χ3v) is 2.60. The van der Waals surface area contributed by atoms with Gasteiger partial charge in [-0.2, -0.15) is 5.26 Å². The second kappa shape index (κ2) is 5.19. The van der Waals surface area contributed by atoms with Gasteiger partial charge >= 0.3 is 5.97 Å². The highest BCUT2D eigenvalue weighted by Crippen LogP contribution is 2.17. The lowest BCUT2D eigenvalue weighted by Gasteiger charge is -2.09. The van der Waals surface area contributed by atoms with E-state index in [9.17, 15) is 4.79 Å². The van der Waals surface area contributed by atoms with E-state index in [1.807, 2.05) is 42.1 Å². The number of hydrogen-bond donors (Lipinski definition) is 0. The van der Waals surface area contributed by atoms with Crippen LogP contribution < -0.4 is 0 Å². The summed E-state index contributed by atoms with van der Waals surface area (Å²) in [5.74, 6) is -0.482. The van der Waals surface area contributed by atoms with E-state index in [4.69, 9.17) is 10.00 Å². The van der Waals surface area contributed by atoms with Crippen molar-refractivity contribution in [3.05, 3.63) is 53.9 Å². The molecule has 0 spiro atoms. The molecule has 0 fully saturated rings. The predicted octanol–water partition coefficient (Wildman–Crippen LogP) is 2.47. The van der Waals surface area contributed by atoms with Crippen molar-refractivity contribution in [3.8, 4) is 11.8 Å². The Kier molecular flexibility index (Phi) is 3.44. The molecule has 18 heavy (non-hydrogen) atoms. The fourth-order valence-electron chi connectivity index (χ4n) is 1.69. The molecule has 1 heterocycles. The van der Waals surface area contributed by atoms with E-state index in [1.54, 1.807) is 18.2 Å². The van der Waals surface area contributed by atoms with Gasteiger partial charge in [0.2, 0.25) is 0 Å². The monoisotopic (exact) mass is 240 g/mol. The van der Waals surface area contributed by atoms with E-state index in [0.29, 0.717) is 5.56 Å².